The lowest BCUT2D eigenvalue weighted by molar-refractivity contribution is 0.0658. The number of carbonyl (C=O) groups excluding carboxylic acids is 1. The molecule has 2 N–H and O–H groups in total. The van der Waals surface area contributed by atoms with E-state index in [0.29, 0.717) is 0 Å². The van der Waals surface area contributed by atoms with E-state index in [1.165, 1.54) is 12.3 Å². The largest absolute Gasteiger partial charge is 0.476 e. The summed E-state index contributed by atoms with van der Waals surface area (Å²) < 4.78 is 4.86. The fraction of sp³-hybridized carbons (Fsp3) is 0. The molecule has 2 aromatic heterocycles. The summed E-state index contributed by atoms with van der Waals surface area (Å²) in [7, 11) is 0. The Hall–Kier alpha value is -2.70. The second-order valence-electron chi connectivity index (χ2n) is 2.99. The molecule has 0 aromatic carbocycles. The molecule has 7 nitrogen and oxygen atoms in total. The molecular formula is C10H7N3O4. The summed E-state index contributed by atoms with van der Waals surface area (Å²) in [4.78, 5) is 32.0. The zero-order chi connectivity index (χ0) is 12.3. The first-order valence-electron chi connectivity index (χ1n) is 4.58. The second-order valence-corrected chi connectivity index (χ2v) is 2.99. The number of carboxylic acids is 1. The van der Waals surface area contributed by atoms with Gasteiger partial charge in [0.1, 0.15) is 0 Å². The third-order valence-electron chi connectivity index (χ3n) is 1.88. The molecule has 0 aliphatic rings. The van der Waals surface area contributed by atoms with Crippen molar-refractivity contribution in [1.29, 1.82) is 0 Å². The zero-order valence-corrected chi connectivity index (χ0v) is 8.45. The third kappa shape index (κ3) is 2.28. The molecule has 0 aliphatic heterocycles. The van der Waals surface area contributed by atoms with Crippen LogP contribution in [0.25, 0.3) is 0 Å². The molecule has 0 fully saturated rings. The maximum absolute atomic E-state index is 11.6. The SMILES string of the molecule is O=C(O)c1nc[nH]c1C(=O)Oc1ccccn1. The Bertz CT molecular complexity index is 550. The number of hydrogen-bond acceptors (Lipinski definition) is 5. The Labute approximate surface area is 95.1 Å². The predicted octanol–water partition coefficient (Wildman–Crippen LogP) is 0.722. The van der Waals surface area contributed by atoms with E-state index in [1.54, 1.807) is 12.1 Å². The molecule has 0 aliphatic carbocycles. The van der Waals surface area contributed by atoms with Gasteiger partial charge in [-0.25, -0.2) is 19.6 Å². The molecule has 86 valence electrons. The van der Waals surface area contributed by atoms with E-state index in [2.05, 4.69) is 15.0 Å². The van der Waals surface area contributed by atoms with Gasteiger partial charge in [0.15, 0.2) is 11.4 Å². The van der Waals surface area contributed by atoms with Crippen LogP contribution in [0, 0.1) is 0 Å². The number of esters is 1. The zero-order valence-electron chi connectivity index (χ0n) is 8.45. The van der Waals surface area contributed by atoms with Gasteiger partial charge < -0.3 is 14.8 Å². The lowest BCUT2D eigenvalue weighted by atomic mass is 10.3. The summed E-state index contributed by atoms with van der Waals surface area (Å²) >= 11 is 0. The average molecular weight is 233 g/mol. The number of nitrogens with zero attached hydrogens (tertiary/aromatic N) is 2. The highest BCUT2D eigenvalue weighted by atomic mass is 16.5. The van der Waals surface area contributed by atoms with E-state index < -0.39 is 11.9 Å². The number of hydrogen-bond donors (Lipinski definition) is 2. The smallest absolute Gasteiger partial charge is 0.364 e. The second kappa shape index (κ2) is 4.44. The summed E-state index contributed by atoms with van der Waals surface area (Å²) in [5.41, 5.74) is -0.603. The number of nitrogens with one attached hydrogen (secondary N) is 1. The molecule has 2 heterocycles. The van der Waals surface area contributed by atoms with E-state index in [-0.39, 0.29) is 17.3 Å². The molecule has 0 amide bonds. The minimum absolute atomic E-state index is 0.0865. The first-order chi connectivity index (χ1) is 8.18. The minimum atomic E-state index is -1.31. The summed E-state index contributed by atoms with van der Waals surface area (Å²) in [6, 6.07) is 4.78. The fourth-order valence-corrected chi connectivity index (χ4v) is 1.17. The van der Waals surface area contributed by atoms with Crippen LogP contribution in [0.4, 0.5) is 0 Å². The molecule has 0 bridgehead atoms. The maximum atomic E-state index is 11.6. The van der Waals surface area contributed by atoms with Gasteiger partial charge in [-0.2, -0.15) is 0 Å². The van der Waals surface area contributed by atoms with Gasteiger partial charge in [0, 0.05) is 12.3 Å². The standard InChI is InChI=1S/C10H7N3O4/c14-9(15)7-8(13-5-12-7)10(16)17-6-3-1-2-4-11-6/h1-5H,(H,12,13)(H,14,15). The van der Waals surface area contributed by atoms with Crippen molar-refractivity contribution < 1.29 is 19.4 Å². The third-order valence-corrected chi connectivity index (χ3v) is 1.88. The van der Waals surface area contributed by atoms with E-state index >= 15 is 0 Å². The molecule has 0 unspecified atom stereocenters. The van der Waals surface area contributed by atoms with Crippen LogP contribution in [0.1, 0.15) is 21.0 Å². The lowest BCUT2D eigenvalue weighted by Crippen LogP contribution is -2.14. The van der Waals surface area contributed by atoms with Gasteiger partial charge in [-0.15, -0.1) is 0 Å². The number of rotatable bonds is 3. The molecule has 17 heavy (non-hydrogen) atoms. The van der Waals surface area contributed by atoms with Gasteiger partial charge in [0.25, 0.3) is 0 Å². The van der Waals surface area contributed by atoms with Crippen LogP contribution in [0.15, 0.2) is 30.7 Å². The Morgan fingerprint density at radius 2 is 2.12 bits per heavy atom. The molecule has 0 radical (unpaired) electrons. The normalized spacial score (nSPS) is 9.88. The predicted molar refractivity (Wildman–Crippen MR) is 54.7 cm³/mol. The van der Waals surface area contributed by atoms with Crippen LogP contribution in [-0.2, 0) is 0 Å². The molecule has 0 saturated heterocycles. The number of H-pyrrole nitrogens is 1. The number of aromatic amines is 1. The number of imidazole rings is 1. The van der Waals surface area contributed by atoms with Crippen molar-refractivity contribution in [3.63, 3.8) is 0 Å². The van der Waals surface area contributed by atoms with Gasteiger partial charge in [-0.05, 0) is 6.07 Å². The van der Waals surface area contributed by atoms with Crippen LogP contribution in [-0.4, -0.2) is 32.0 Å². The fourth-order valence-electron chi connectivity index (χ4n) is 1.17. The summed E-state index contributed by atoms with van der Waals surface area (Å²) in [5.74, 6) is -2.07. The van der Waals surface area contributed by atoms with E-state index in [0.717, 1.165) is 6.33 Å². The van der Waals surface area contributed by atoms with Crippen molar-refractivity contribution >= 4 is 11.9 Å². The Morgan fingerprint density at radius 1 is 1.29 bits per heavy atom. The average Bonchev–Trinajstić information content (AvgIpc) is 2.79. The first kappa shape index (κ1) is 10.8. The van der Waals surface area contributed by atoms with E-state index in [4.69, 9.17) is 9.84 Å². The monoisotopic (exact) mass is 233 g/mol. The highest BCUT2D eigenvalue weighted by Gasteiger charge is 2.21. The molecule has 0 atom stereocenters. The Morgan fingerprint density at radius 3 is 2.76 bits per heavy atom. The number of pyridine rings is 1. The Kier molecular flexibility index (Phi) is 2.82. The van der Waals surface area contributed by atoms with Crippen LogP contribution >= 0.6 is 0 Å². The van der Waals surface area contributed by atoms with Crippen LogP contribution in [0.5, 0.6) is 5.88 Å². The number of carboxylic acid groups (broad SMARTS) is 1. The van der Waals surface area contributed by atoms with Gasteiger partial charge >= 0.3 is 11.9 Å². The summed E-state index contributed by atoms with van der Waals surface area (Å²) in [6.07, 6.45) is 2.56. The van der Waals surface area contributed by atoms with Gasteiger partial charge in [0.05, 0.1) is 6.33 Å². The van der Waals surface area contributed by atoms with Gasteiger partial charge in [-0.3, -0.25) is 0 Å². The number of aromatic nitrogens is 3. The van der Waals surface area contributed by atoms with Crippen molar-refractivity contribution in [2.75, 3.05) is 0 Å². The van der Waals surface area contributed by atoms with Crippen molar-refractivity contribution in [3.8, 4) is 5.88 Å². The van der Waals surface area contributed by atoms with Crippen molar-refractivity contribution in [2.24, 2.45) is 0 Å². The maximum Gasteiger partial charge on any atom is 0.364 e. The van der Waals surface area contributed by atoms with Crippen molar-refractivity contribution in [1.82, 2.24) is 15.0 Å². The molecular weight excluding hydrogens is 226 g/mol. The topological polar surface area (TPSA) is 105 Å². The molecule has 0 saturated carbocycles. The highest BCUT2D eigenvalue weighted by Crippen LogP contribution is 2.09. The van der Waals surface area contributed by atoms with Crippen molar-refractivity contribution in [3.05, 3.63) is 42.1 Å². The highest BCUT2D eigenvalue weighted by molar-refractivity contribution is 6.00. The summed E-state index contributed by atoms with van der Waals surface area (Å²) in [6.45, 7) is 0. The van der Waals surface area contributed by atoms with Crippen molar-refractivity contribution in [2.45, 2.75) is 0 Å². The molecule has 2 aromatic rings. The van der Waals surface area contributed by atoms with E-state index in [1.807, 2.05) is 0 Å². The molecule has 2 rings (SSSR count). The quantitative estimate of drug-likeness (QED) is 0.757. The number of carbonyl (C=O) groups is 2. The van der Waals surface area contributed by atoms with Crippen LogP contribution in [0.2, 0.25) is 0 Å². The number of ether oxygens (including phenoxy) is 1. The van der Waals surface area contributed by atoms with E-state index in [9.17, 15) is 9.59 Å². The van der Waals surface area contributed by atoms with Crippen LogP contribution in [0.3, 0.4) is 0 Å². The van der Waals surface area contributed by atoms with Gasteiger partial charge in [-0.1, -0.05) is 6.07 Å². The van der Waals surface area contributed by atoms with Gasteiger partial charge in [0.2, 0.25) is 5.88 Å². The number of aromatic carboxylic acids is 1. The minimum Gasteiger partial charge on any atom is -0.476 e. The Balaban J connectivity index is 2.21. The lowest BCUT2D eigenvalue weighted by Gasteiger charge is -2.01. The molecule has 7 heteroatoms. The molecule has 0 spiro atoms. The van der Waals surface area contributed by atoms with Crippen LogP contribution < -0.4 is 4.74 Å². The summed E-state index contributed by atoms with van der Waals surface area (Å²) in [5, 5.41) is 8.76. The first-order valence-corrected chi connectivity index (χ1v) is 4.58.